The lowest BCUT2D eigenvalue weighted by atomic mass is 10.3. The zero-order valence-electron chi connectivity index (χ0n) is 10.3. The fraction of sp³-hybridized carbons (Fsp3) is 0.667. The molecule has 5 nitrogen and oxygen atoms in total. The normalized spacial score (nSPS) is 20.2. The predicted molar refractivity (Wildman–Crippen MR) is 70.2 cm³/mol. The number of rotatable bonds is 3. The van der Waals surface area contributed by atoms with Gasteiger partial charge in [0.25, 0.3) is 0 Å². The second-order valence-corrected chi connectivity index (χ2v) is 5.02. The first kappa shape index (κ1) is 12.1. The van der Waals surface area contributed by atoms with Gasteiger partial charge in [-0.05, 0) is 6.42 Å². The summed E-state index contributed by atoms with van der Waals surface area (Å²) in [5, 5.41) is 0.605. The van der Waals surface area contributed by atoms with E-state index in [0.717, 1.165) is 63.7 Å². The molecule has 0 amide bonds. The van der Waals surface area contributed by atoms with E-state index in [4.69, 9.17) is 16.3 Å². The maximum Gasteiger partial charge on any atom is 0.137 e. The topological polar surface area (TPSA) is 41.5 Å². The molecule has 6 heteroatoms. The molecule has 0 atom stereocenters. The molecule has 0 N–H and O–H groups in total. The van der Waals surface area contributed by atoms with Gasteiger partial charge in [-0.3, -0.25) is 4.90 Å². The fourth-order valence-electron chi connectivity index (χ4n) is 2.53. The first-order chi connectivity index (χ1) is 8.84. The summed E-state index contributed by atoms with van der Waals surface area (Å²) >= 11 is 6.08. The smallest absolute Gasteiger partial charge is 0.137 e. The molecule has 18 heavy (non-hydrogen) atoms. The summed E-state index contributed by atoms with van der Waals surface area (Å²) in [5.41, 5.74) is 1.10. The second kappa shape index (κ2) is 5.38. The Hall–Kier alpha value is -0.910. The molecule has 2 aliphatic rings. The Morgan fingerprint density at radius 2 is 2.00 bits per heavy atom. The van der Waals surface area contributed by atoms with Crippen LogP contribution in [0.25, 0.3) is 0 Å². The summed E-state index contributed by atoms with van der Waals surface area (Å²) in [5.74, 6) is 1.02. The Morgan fingerprint density at radius 1 is 1.17 bits per heavy atom. The minimum Gasteiger partial charge on any atom is -0.379 e. The number of ether oxygens (including phenoxy) is 1. The van der Waals surface area contributed by atoms with E-state index in [-0.39, 0.29) is 0 Å². The molecule has 2 aliphatic heterocycles. The van der Waals surface area contributed by atoms with E-state index in [2.05, 4.69) is 19.8 Å². The molecular weight excluding hydrogens is 252 g/mol. The summed E-state index contributed by atoms with van der Waals surface area (Å²) in [6.45, 7) is 6.83. The van der Waals surface area contributed by atoms with Crippen LogP contribution in [-0.2, 0) is 11.2 Å². The average molecular weight is 269 g/mol. The minimum atomic E-state index is 0.605. The predicted octanol–water partition coefficient (Wildman–Crippen LogP) is 0.825. The van der Waals surface area contributed by atoms with E-state index in [1.807, 2.05) is 0 Å². The van der Waals surface area contributed by atoms with Crippen LogP contribution in [0.3, 0.4) is 0 Å². The highest BCUT2D eigenvalue weighted by Gasteiger charge is 2.23. The highest BCUT2D eigenvalue weighted by molar-refractivity contribution is 6.30. The maximum absolute atomic E-state index is 6.08. The van der Waals surface area contributed by atoms with Crippen LogP contribution in [0.5, 0.6) is 0 Å². The van der Waals surface area contributed by atoms with Crippen LogP contribution in [-0.4, -0.2) is 60.8 Å². The molecule has 1 saturated heterocycles. The lowest BCUT2D eigenvalue weighted by molar-refractivity contribution is 0.0392. The molecule has 0 radical (unpaired) electrons. The minimum absolute atomic E-state index is 0.605. The van der Waals surface area contributed by atoms with Gasteiger partial charge in [-0.25, -0.2) is 9.97 Å². The largest absolute Gasteiger partial charge is 0.379 e. The molecule has 98 valence electrons. The lowest BCUT2D eigenvalue weighted by Crippen LogP contribution is -2.41. The number of anilines is 1. The molecule has 0 spiro atoms. The molecule has 1 fully saturated rings. The number of hydrogen-bond acceptors (Lipinski definition) is 5. The summed E-state index contributed by atoms with van der Waals surface area (Å²) in [7, 11) is 0. The first-order valence-corrected chi connectivity index (χ1v) is 6.77. The van der Waals surface area contributed by atoms with Crippen LogP contribution < -0.4 is 4.90 Å². The van der Waals surface area contributed by atoms with Crippen molar-refractivity contribution in [3.63, 3.8) is 0 Å². The van der Waals surface area contributed by atoms with Crippen molar-refractivity contribution >= 4 is 17.4 Å². The Morgan fingerprint density at radius 3 is 2.83 bits per heavy atom. The highest BCUT2D eigenvalue weighted by atomic mass is 35.5. The van der Waals surface area contributed by atoms with Crippen LogP contribution in [0, 0.1) is 0 Å². The molecule has 3 rings (SSSR count). The number of nitrogens with zero attached hydrogens (tertiary/aromatic N) is 4. The summed E-state index contributed by atoms with van der Waals surface area (Å²) in [6, 6.07) is 0. The van der Waals surface area contributed by atoms with E-state index in [0.29, 0.717) is 5.15 Å². The van der Waals surface area contributed by atoms with Crippen molar-refractivity contribution in [1.82, 2.24) is 14.9 Å². The van der Waals surface area contributed by atoms with Gasteiger partial charge in [0.2, 0.25) is 0 Å². The Labute approximate surface area is 112 Å². The van der Waals surface area contributed by atoms with Crippen molar-refractivity contribution in [2.75, 3.05) is 50.8 Å². The van der Waals surface area contributed by atoms with E-state index < -0.39 is 0 Å². The molecule has 0 aliphatic carbocycles. The molecular formula is C12H17ClN4O. The molecule has 0 aromatic carbocycles. The molecule has 3 heterocycles. The van der Waals surface area contributed by atoms with Gasteiger partial charge in [0, 0.05) is 38.3 Å². The SMILES string of the molecule is Clc1ncnc2c1CCN2CCN1CCOCC1. The van der Waals surface area contributed by atoms with E-state index >= 15 is 0 Å². The van der Waals surface area contributed by atoms with Crippen LogP contribution >= 0.6 is 11.6 Å². The summed E-state index contributed by atoms with van der Waals surface area (Å²) < 4.78 is 5.35. The number of halogens is 1. The van der Waals surface area contributed by atoms with E-state index in [1.54, 1.807) is 6.33 Å². The number of fused-ring (bicyclic) bond motifs is 1. The first-order valence-electron chi connectivity index (χ1n) is 6.39. The standard InChI is InChI=1S/C12H17ClN4O/c13-11-10-1-2-17(12(10)15-9-14-11)4-3-16-5-7-18-8-6-16/h9H,1-8H2. The number of aromatic nitrogens is 2. The average Bonchev–Trinajstić information content (AvgIpc) is 2.82. The van der Waals surface area contributed by atoms with Gasteiger partial charge >= 0.3 is 0 Å². The Kier molecular flexibility index (Phi) is 3.63. The van der Waals surface area contributed by atoms with Crippen LogP contribution in [0.4, 0.5) is 5.82 Å². The molecule has 1 aromatic rings. The highest BCUT2D eigenvalue weighted by Crippen LogP contribution is 2.29. The monoisotopic (exact) mass is 268 g/mol. The van der Waals surface area contributed by atoms with Gasteiger partial charge in [-0.15, -0.1) is 0 Å². The van der Waals surface area contributed by atoms with Crippen molar-refractivity contribution < 1.29 is 4.74 Å². The molecule has 0 bridgehead atoms. The van der Waals surface area contributed by atoms with Gasteiger partial charge in [-0.2, -0.15) is 0 Å². The van der Waals surface area contributed by atoms with Crippen molar-refractivity contribution in [2.45, 2.75) is 6.42 Å². The third kappa shape index (κ3) is 2.43. The quantitative estimate of drug-likeness (QED) is 0.760. The van der Waals surface area contributed by atoms with Crippen molar-refractivity contribution in [1.29, 1.82) is 0 Å². The van der Waals surface area contributed by atoms with Crippen LogP contribution in [0.2, 0.25) is 5.15 Å². The lowest BCUT2D eigenvalue weighted by Gasteiger charge is -2.29. The fourth-order valence-corrected chi connectivity index (χ4v) is 2.75. The maximum atomic E-state index is 6.08. The second-order valence-electron chi connectivity index (χ2n) is 4.66. The number of hydrogen-bond donors (Lipinski definition) is 0. The van der Waals surface area contributed by atoms with Crippen molar-refractivity contribution in [3.05, 3.63) is 17.0 Å². The third-order valence-electron chi connectivity index (χ3n) is 3.59. The van der Waals surface area contributed by atoms with E-state index in [9.17, 15) is 0 Å². The summed E-state index contributed by atoms with van der Waals surface area (Å²) in [6.07, 6.45) is 2.51. The Bertz CT molecular complexity index is 423. The van der Waals surface area contributed by atoms with Crippen LogP contribution in [0.15, 0.2) is 6.33 Å². The van der Waals surface area contributed by atoms with Gasteiger partial charge in [0.1, 0.15) is 17.3 Å². The Balaban J connectivity index is 1.60. The molecule has 0 unspecified atom stereocenters. The summed E-state index contributed by atoms with van der Waals surface area (Å²) in [4.78, 5) is 13.1. The zero-order chi connectivity index (χ0) is 12.4. The van der Waals surface area contributed by atoms with Gasteiger partial charge in [0.05, 0.1) is 13.2 Å². The van der Waals surface area contributed by atoms with Gasteiger partial charge in [0.15, 0.2) is 0 Å². The van der Waals surface area contributed by atoms with Gasteiger partial charge in [-0.1, -0.05) is 11.6 Å². The molecule has 1 aromatic heterocycles. The third-order valence-corrected chi connectivity index (χ3v) is 3.92. The zero-order valence-corrected chi connectivity index (χ0v) is 11.1. The number of morpholine rings is 1. The van der Waals surface area contributed by atoms with Crippen molar-refractivity contribution in [2.24, 2.45) is 0 Å². The molecule has 0 saturated carbocycles. The van der Waals surface area contributed by atoms with E-state index in [1.165, 1.54) is 0 Å². The van der Waals surface area contributed by atoms with Gasteiger partial charge < -0.3 is 9.64 Å². The van der Waals surface area contributed by atoms with Crippen molar-refractivity contribution in [3.8, 4) is 0 Å². The van der Waals surface area contributed by atoms with Crippen LogP contribution in [0.1, 0.15) is 5.56 Å².